The van der Waals surface area contributed by atoms with Gasteiger partial charge in [0.05, 0.1) is 33.6 Å². The normalized spacial score (nSPS) is 19.8. The molecule has 2 unspecified atom stereocenters. The van der Waals surface area contributed by atoms with E-state index in [0.29, 0.717) is 80.0 Å². The Hall–Kier alpha value is -9.44. The number of rotatable bonds is 13. The second-order valence-corrected chi connectivity index (χ2v) is 24.4. The number of nitrogens with zero attached hydrogens (tertiary/aromatic N) is 2. The average Bonchev–Trinajstić information content (AvgIpc) is 1.58. The molecule has 2 heterocycles. The number of benzene rings is 8. The van der Waals surface area contributed by atoms with Crippen molar-refractivity contribution in [1.82, 2.24) is 0 Å². The molecule has 0 radical (unpaired) electrons. The van der Waals surface area contributed by atoms with E-state index in [4.69, 9.17) is 4.74 Å². The van der Waals surface area contributed by atoms with E-state index in [1.165, 1.54) is 65.9 Å². The van der Waals surface area contributed by atoms with E-state index >= 15 is 26.3 Å². The van der Waals surface area contributed by atoms with Crippen LogP contribution in [0.2, 0.25) is 0 Å². The van der Waals surface area contributed by atoms with Crippen LogP contribution >= 0.6 is 0 Å². The van der Waals surface area contributed by atoms with Crippen molar-refractivity contribution >= 4 is 46.6 Å². The van der Waals surface area contributed by atoms with Gasteiger partial charge in [0.2, 0.25) is 5.41 Å². The van der Waals surface area contributed by atoms with Gasteiger partial charge in [0.15, 0.2) is 11.6 Å². The lowest BCUT2D eigenvalue weighted by Crippen LogP contribution is -2.55. The Labute approximate surface area is 508 Å². The lowest BCUT2D eigenvalue weighted by molar-refractivity contribution is -0.288. The van der Waals surface area contributed by atoms with Crippen LogP contribution < -0.4 is 14.5 Å². The zero-order valence-electron chi connectivity index (χ0n) is 48.2. The molecule has 0 aromatic heterocycles. The molecule has 0 saturated heterocycles. The molecule has 8 aromatic rings. The third-order valence-corrected chi connectivity index (χ3v) is 19.6. The minimum atomic E-state index is -6.17. The summed E-state index contributed by atoms with van der Waals surface area (Å²) in [4.78, 5) is 84.2. The molecule has 2 saturated carbocycles. The fraction of sp³-hybridized carbons (Fsp3) is 0.260. The Morgan fingerprint density at radius 2 is 0.888 bits per heavy atom. The largest absolute Gasteiger partial charge is 0.508 e. The number of alkyl halides is 6. The van der Waals surface area contributed by atoms with E-state index in [-0.39, 0.29) is 45.3 Å². The van der Waals surface area contributed by atoms with Gasteiger partial charge in [-0.2, -0.15) is 26.3 Å². The predicted octanol–water partition coefficient (Wildman–Crippen LogP) is 16.8. The number of imide groups is 2. The summed E-state index contributed by atoms with van der Waals surface area (Å²) in [5.74, 6) is -3.49. The zero-order chi connectivity index (χ0) is 62.4. The molecule has 1 N–H and O–H groups in total. The van der Waals surface area contributed by atoms with Crippen molar-refractivity contribution in [1.29, 1.82) is 0 Å². The zero-order valence-corrected chi connectivity index (χ0v) is 48.2. The first-order valence-corrected chi connectivity index (χ1v) is 29.9. The minimum absolute atomic E-state index is 0.0200. The second kappa shape index (κ2) is 22.0. The first kappa shape index (κ1) is 58.6. The first-order valence-electron chi connectivity index (χ1n) is 29.9. The van der Waals surface area contributed by atoms with E-state index in [0.717, 1.165) is 76.0 Å². The van der Waals surface area contributed by atoms with Gasteiger partial charge >= 0.3 is 12.4 Å². The maximum atomic E-state index is 15.5. The number of halogens is 6. The minimum Gasteiger partial charge on any atom is -0.508 e. The highest BCUT2D eigenvalue weighted by molar-refractivity contribution is 6.35. The Morgan fingerprint density at radius 1 is 0.461 bits per heavy atom. The van der Waals surface area contributed by atoms with Gasteiger partial charge in [0.25, 0.3) is 23.6 Å². The molecule has 0 spiro atoms. The number of anilines is 2. The molecule has 2 aliphatic heterocycles. The van der Waals surface area contributed by atoms with E-state index < -0.39 is 74.8 Å². The highest BCUT2D eigenvalue weighted by atomic mass is 19.4. The van der Waals surface area contributed by atoms with E-state index in [1.807, 2.05) is 48.5 Å². The highest BCUT2D eigenvalue weighted by Gasteiger charge is 2.73. The summed E-state index contributed by atoms with van der Waals surface area (Å²) in [6, 6.07) is 43.8. The smallest absolute Gasteiger partial charge is 0.411 e. The van der Waals surface area contributed by atoms with Crippen molar-refractivity contribution in [2.24, 2.45) is 11.8 Å². The first-order chi connectivity index (χ1) is 42.6. The number of hydrogen-bond acceptors (Lipinski definition) is 8. The lowest BCUT2D eigenvalue weighted by Gasteiger charge is -2.45. The van der Waals surface area contributed by atoms with Crippen molar-refractivity contribution in [3.63, 3.8) is 0 Å². The van der Waals surface area contributed by atoms with E-state index in [9.17, 15) is 33.9 Å². The number of fused-ring (bicyclic) bond motifs is 3. The molecular weight excluding hydrogens is 1150 g/mol. The average molecular weight is 1210 g/mol. The quantitative estimate of drug-likeness (QED) is 0.0684. The van der Waals surface area contributed by atoms with Gasteiger partial charge in [-0.1, -0.05) is 124 Å². The van der Waals surface area contributed by atoms with Gasteiger partial charge in [-0.05, 0) is 180 Å². The van der Waals surface area contributed by atoms with Gasteiger partial charge in [-0.3, -0.25) is 28.8 Å². The van der Waals surface area contributed by atoms with Gasteiger partial charge in [-0.25, -0.2) is 9.80 Å². The van der Waals surface area contributed by atoms with Crippen LogP contribution in [0.15, 0.2) is 182 Å². The number of carbonyl (C=O) groups is 6. The third-order valence-electron chi connectivity index (χ3n) is 19.6. The van der Waals surface area contributed by atoms with Crippen LogP contribution in [-0.4, -0.2) is 52.7 Å². The summed E-state index contributed by atoms with van der Waals surface area (Å²) in [6.45, 7) is 2.42. The van der Waals surface area contributed by atoms with Gasteiger partial charge in [0, 0.05) is 27.7 Å². The topological polar surface area (TPSA) is 138 Å². The number of ether oxygens (including phenoxy) is 1. The van der Waals surface area contributed by atoms with Crippen LogP contribution in [0.4, 0.5) is 37.7 Å². The van der Waals surface area contributed by atoms with Crippen LogP contribution in [-0.2, 0) is 16.2 Å². The molecule has 13 rings (SSSR count). The standard InChI is InChI=1S/C73H58F6N2O8/c1-69(47-13-7-3-8-14-47)42-70(48-15-9-4-10-16-48,49-22-17-44(18-23-49)63(83)43-11-5-2-6-12-43)61-38-21-46(39-62(61)69)64(84)45-19-32-55(33-20-45)89-56-34-28-53(29-35-56)81-66(86)58-37-25-51(41-60(58)68(81)88)71(72(74,75)76,73(77,78)79)50-24-36-57-59(40-50)67(87)80(65(57)85)52-26-30-54(82)31-27-52/h2,5-6,11-12,17-41,47-48,82H,3-4,7-10,13-16,42H2,1H3. The van der Waals surface area contributed by atoms with Crippen LogP contribution in [0, 0.1) is 11.8 Å². The number of carbonyl (C=O) groups excluding carboxylic acids is 6. The summed E-state index contributed by atoms with van der Waals surface area (Å²) in [5, 5.41) is 9.71. The Kier molecular flexibility index (Phi) is 14.5. The molecule has 3 aliphatic carbocycles. The summed E-state index contributed by atoms with van der Waals surface area (Å²) >= 11 is 0. The number of ketones is 2. The number of phenolic OH excluding ortho intramolecular Hbond substituents is 1. The number of amides is 4. The van der Waals surface area contributed by atoms with Gasteiger partial charge in [-0.15, -0.1) is 0 Å². The fourth-order valence-electron chi connectivity index (χ4n) is 15.2. The van der Waals surface area contributed by atoms with Crippen LogP contribution in [0.1, 0.15) is 179 Å². The van der Waals surface area contributed by atoms with Crippen LogP contribution in [0.3, 0.4) is 0 Å². The fourth-order valence-corrected chi connectivity index (χ4v) is 15.2. The predicted molar refractivity (Wildman–Crippen MR) is 321 cm³/mol. The molecule has 0 bridgehead atoms. The number of hydrogen-bond donors (Lipinski definition) is 1. The summed E-state index contributed by atoms with van der Waals surface area (Å²) in [7, 11) is 0. The summed E-state index contributed by atoms with van der Waals surface area (Å²) in [6.07, 6.45) is -0.00945. The number of phenols is 1. The molecule has 2 atom stereocenters. The molecular formula is C73H58F6N2O8. The maximum Gasteiger partial charge on any atom is 0.411 e. The van der Waals surface area contributed by atoms with E-state index in [1.54, 1.807) is 24.3 Å². The van der Waals surface area contributed by atoms with Gasteiger partial charge < -0.3 is 9.84 Å². The monoisotopic (exact) mass is 1200 g/mol. The van der Waals surface area contributed by atoms with Crippen molar-refractivity contribution < 1.29 is 65.0 Å². The molecule has 450 valence electrons. The third kappa shape index (κ3) is 9.55. The van der Waals surface area contributed by atoms with E-state index in [2.05, 4.69) is 31.2 Å². The van der Waals surface area contributed by atoms with Crippen LogP contribution in [0.5, 0.6) is 17.2 Å². The lowest BCUT2D eigenvalue weighted by atomic mass is 9.59. The second-order valence-electron chi connectivity index (χ2n) is 24.4. The maximum absolute atomic E-state index is 15.5. The molecule has 4 amide bonds. The Bertz CT molecular complexity index is 4160. The van der Waals surface area contributed by atoms with Crippen molar-refractivity contribution in [3.05, 3.63) is 254 Å². The molecule has 10 nitrogen and oxygen atoms in total. The molecule has 89 heavy (non-hydrogen) atoms. The Morgan fingerprint density at radius 3 is 1.39 bits per heavy atom. The van der Waals surface area contributed by atoms with Crippen molar-refractivity contribution in [3.8, 4) is 17.2 Å². The molecule has 8 aromatic carbocycles. The van der Waals surface area contributed by atoms with Gasteiger partial charge in [0.1, 0.15) is 17.2 Å². The molecule has 16 heteroatoms. The Balaban J connectivity index is 0.746. The number of aromatic hydroxyl groups is 1. The summed E-state index contributed by atoms with van der Waals surface area (Å²) in [5.41, 5.74) is -4.94. The SMILES string of the molecule is CC1(C2CCCCC2)CC(c2ccc(C(=O)c3ccccc3)cc2)(C2CCCCC2)c2ccc(C(=O)c3ccc(Oc4ccc(N5C(=O)c6ccc(C(c7ccc8c(c7)C(=O)N(c7ccc(O)cc7)C8=O)(C(F)(F)F)C(F)(F)F)cc6C5=O)cc4)cc3)cc21. The molecule has 2 fully saturated rings. The molecule has 5 aliphatic rings. The highest BCUT2D eigenvalue weighted by Crippen LogP contribution is 2.63. The summed E-state index contributed by atoms with van der Waals surface area (Å²) < 4.78 is 99.3. The van der Waals surface area contributed by atoms with Crippen LogP contribution in [0.25, 0.3) is 0 Å². The van der Waals surface area contributed by atoms with Crippen molar-refractivity contribution in [2.75, 3.05) is 9.80 Å². The van der Waals surface area contributed by atoms with Crippen molar-refractivity contribution in [2.45, 2.75) is 106 Å².